The molecule has 1 aromatic carbocycles. The van der Waals surface area contributed by atoms with Crippen molar-refractivity contribution in [3.63, 3.8) is 0 Å². The molecule has 0 aliphatic carbocycles. The van der Waals surface area contributed by atoms with Crippen molar-refractivity contribution in [2.24, 2.45) is 5.92 Å². The molecule has 3 atom stereocenters. The zero-order valence-electron chi connectivity index (χ0n) is 21.1. The fraction of sp³-hybridized carbons (Fsp3) is 0.462. The number of rotatable bonds is 9. The van der Waals surface area contributed by atoms with E-state index in [9.17, 15) is 14.4 Å². The van der Waals surface area contributed by atoms with Gasteiger partial charge >= 0.3 is 11.9 Å². The van der Waals surface area contributed by atoms with Crippen LogP contribution in [-0.4, -0.2) is 42.1 Å². The van der Waals surface area contributed by atoms with Gasteiger partial charge in [-0.1, -0.05) is 37.6 Å². The molecule has 0 unspecified atom stereocenters. The predicted octanol–water partition coefficient (Wildman–Crippen LogP) is 4.12. The molecule has 0 radical (unpaired) electrons. The van der Waals surface area contributed by atoms with Gasteiger partial charge in [0.25, 0.3) is 5.91 Å². The van der Waals surface area contributed by atoms with E-state index in [0.717, 1.165) is 16.7 Å². The van der Waals surface area contributed by atoms with Gasteiger partial charge in [-0.3, -0.25) is 9.59 Å². The van der Waals surface area contributed by atoms with Crippen molar-refractivity contribution in [1.82, 2.24) is 10.3 Å². The van der Waals surface area contributed by atoms with E-state index in [1.165, 1.54) is 33.2 Å². The average Bonchev–Trinajstić information content (AvgIpc) is 2.75. The number of aryl methyl sites for hydroxylation is 2. The van der Waals surface area contributed by atoms with Crippen LogP contribution < -0.4 is 14.8 Å². The Morgan fingerprint density at radius 2 is 1.71 bits per heavy atom. The van der Waals surface area contributed by atoms with Gasteiger partial charge in [0, 0.05) is 25.1 Å². The number of methoxy groups -OCH3 is 1. The summed E-state index contributed by atoms with van der Waals surface area (Å²) in [5, 5.41) is 2.57. The van der Waals surface area contributed by atoms with Gasteiger partial charge in [0.1, 0.15) is 12.1 Å². The Labute approximate surface area is 201 Å². The Kier molecular flexibility index (Phi) is 9.18. The monoisotopic (exact) mass is 470 g/mol. The topological polar surface area (TPSA) is 104 Å². The maximum atomic E-state index is 12.8. The van der Waals surface area contributed by atoms with Gasteiger partial charge in [0.2, 0.25) is 5.75 Å². The standard InChI is InChI=1S/C26H34N2O6/c1-14(2)22(20-13-15(3)9-10-16(20)4)18(6)33-26(31)17(5)28-25(30)23-24(34-19(7)29)21(32-8)11-12-27-23/h9-14,17-18,22H,1-8H3,(H,28,30)/t17-,18-,22+/m0/s1. The van der Waals surface area contributed by atoms with Crippen LogP contribution >= 0.6 is 0 Å². The first-order chi connectivity index (χ1) is 16.0. The Balaban J connectivity index is 2.17. The third-order valence-corrected chi connectivity index (χ3v) is 5.57. The van der Waals surface area contributed by atoms with Crippen molar-refractivity contribution < 1.29 is 28.6 Å². The third-order valence-electron chi connectivity index (χ3n) is 5.57. The normalized spacial score (nSPS) is 13.6. The van der Waals surface area contributed by atoms with E-state index in [-0.39, 0.29) is 29.0 Å². The van der Waals surface area contributed by atoms with Crippen LogP contribution in [0.1, 0.15) is 67.7 Å². The first-order valence-electron chi connectivity index (χ1n) is 11.3. The molecule has 0 spiro atoms. The molecule has 0 aliphatic heterocycles. The molecule has 1 N–H and O–H groups in total. The van der Waals surface area contributed by atoms with Crippen LogP contribution in [0, 0.1) is 19.8 Å². The quantitative estimate of drug-likeness (QED) is 0.550. The van der Waals surface area contributed by atoms with E-state index in [4.69, 9.17) is 14.2 Å². The van der Waals surface area contributed by atoms with Gasteiger partial charge in [-0.2, -0.15) is 0 Å². The maximum Gasteiger partial charge on any atom is 0.328 e. The summed E-state index contributed by atoms with van der Waals surface area (Å²) in [6.45, 7) is 12.9. The van der Waals surface area contributed by atoms with Crippen molar-refractivity contribution in [2.45, 2.75) is 66.5 Å². The van der Waals surface area contributed by atoms with Crippen molar-refractivity contribution in [1.29, 1.82) is 0 Å². The van der Waals surface area contributed by atoms with E-state index in [1.807, 2.05) is 20.8 Å². The number of hydrogen-bond acceptors (Lipinski definition) is 7. The summed E-state index contributed by atoms with van der Waals surface area (Å²) in [6.07, 6.45) is 0.933. The Morgan fingerprint density at radius 1 is 1.03 bits per heavy atom. The van der Waals surface area contributed by atoms with Crippen molar-refractivity contribution in [2.75, 3.05) is 7.11 Å². The Hall–Kier alpha value is -3.42. The van der Waals surface area contributed by atoms with E-state index in [1.54, 1.807) is 0 Å². The summed E-state index contributed by atoms with van der Waals surface area (Å²) >= 11 is 0. The molecule has 0 saturated carbocycles. The van der Waals surface area contributed by atoms with Crippen LogP contribution in [0.5, 0.6) is 11.5 Å². The molecule has 0 aliphatic rings. The number of aromatic nitrogens is 1. The number of esters is 2. The minimum atomic E-state index is -0.959. The number of hydrogen-bond donors (Lipinski definition) is 1. The van der Waals surface area contributed by atoms with E-state index in [0.29, 0.717) is 0 Å². The smallest absolute Gasteiger partial charge is 0.328 e. The van der Waals surface area contributed by atoms with Crippen LogP contribution in [0.15, 0.2) is 30.5 Å². The summed E-state index contributed by atoms with van der Waals surface area (Å²) in [4.78, 5) is 41.2. The lowest BCUT2D eigenvalue weighted by atomic mass is 9.81. The van der Waals surface area contributed by atoms with Crippen molar-refractivity contribution in [3.05, 3.63) is 52.8 Å². The first-order valence-corrected chi connectivity index (χ1v) is 11.3. The molecule has 1 heterocycles. The fourth-order valence-electron chi connectivity index (χ4n) is 3.95. The fourth-order valence-corrected chi connectivity index (χ4v) is 3.95. The number of nitrogens with one attached hydrogen (secondary N) is 1. The number of nitrogens with zero attached hydrogens (tertiary/aromatic N) is 1. The minimum Gasteiger partial charge on any atom is -0.493 e. The second-order valence-corrected chi connectivity index (χ2v) is 8.75. The highest BCUT2D eigenvalue weighted by atomic mass is 16.6. The number of ether oxygens (including phenoxy) is 3. The molecule has 8 nitrogen and oxygen atoms in total. The summed E-state index contributed by atoms with van der Waals surface area (Å²) in [5.74, 6) is -1.63. The van der Waals surface area contributed by atoms with Gasteiger partial charge in [0.05, 0.1) is 7.11 Å². The molecule has 0 bridgehead atoms. The van der Waals surface area contributed by atoms with Crippen LogP contribution in [0.25, 0.3) is 0 Å². The molecule has 34 heavy (non-hydrogen) atoms. The lowest BCUT2D eigenvalue weighted by molar-refractivity contribution is -0.151. The number of pyridine rings is 1. The summed E-state index contributed by atoms with van der Waals surface area (Å²) in [5.41, 5.74) is 3.24. The van der Waals surface area contributed by atoms with Crippen LogP contribution in [0.4, 0.5) is 0 Å². The Morgan fingerprint density at radius 3 is 2.29 bits per heavy atom. The molecule has 0 fully saturated rings. The van der Waals surface area contributed by atoms with E-state index in [2.05, 4.69) is 42.3 Å². The Bertz CT molecular complexity index is 1050. The molecule has 8 heteroatoms. The number of carbonyl (C=O) groups is 3. The SMILES string of the molecule is COc1ccnc(C(=O)N[C@@H](C)C(=O)O[C@@H](C)[C@H](c2cc(C)ccc2C)C(C)C)c1OC(C)=O. The zero-order valence-corrected chi connectivity index (χ0v) is 21.1. The van der Waals surface area contributed by atoms with Gasteiger partial charge < -0.3 is 19.5 Å². The van der Waals surface area contributed by atoms with E-state index < -0.39 is 30.0 Å². The molecule has 0 saturated heterocycles. The lowest BCUT2D eigenvalue weighted by Crippen LogP contribution is -2.42. The van der Waals surface area contributed by atoms with Crippen molar-refractivity contribution in [3.8, 4) is 11.5 Å². The molecular formula is C26H34N2O6. The molecular weight excluding hydrogens is 436 g/mol. The first kappa shape index (κ1) is 26.8. The molecule has 184 valence electrons. The number of carbonyl (C=O) groups excluding carboxylic acids is 3. The maximum absolute atomic E-state index is 12.8. The second kappa shape index (κ2) is 11.6. The minimum absolute atomic E-state index is 0.0117. The molecule has 2 rings (SSSR count). The van der Waals surface area contributed by atoms with Gasteiger partial charge in [-0.05, 0) is 44.7 Å². The van der Waals surface area contributed by atoms with Gasteiger partial charge in [0.15, 0.2) is 11.4 Å². The summed E-state index contributed by atoms with van der Waals surface area (Å²) in [7, 11) is 1.38. The number of benzene rings is 1. The highest BCUT2D eigenvalue weighted by molar-refractivity contribution is 5.98. The largest absolute Gasteiger partial charge is 0.493 e. The van der Waals surface area contributed by atoms with Crippen LogP contribution in [0.2, 0.25) is 0 Å². The molecule has 1 aromatic heterocycles. The average molecular weight is 471 g/mol. The summed E-state index contributed by atoms with van der Waals surface area (Å²) in [6, 6.07) is 6.76. The van der Waals surface area contributed by atoms with Gasteiger partial charge in [-0.25, -0.2) is 9.78 Å². The van der Waals surface area contributed by atoms with Crippen LogP contribution in [-0.2, 0) is 14.3 Å². The van der Waals surface area contributed by atoms with Gasteiger partial charge in [-0.15, -0.1) is 0 Å². The van der Waals surface area contributed by atoms with E-state index >= 15 is 0 Å². The third kappa shape index (κ3) is 6.56. The molecule has 2 aromatic rings. The zero-order chi connectivity index (χ0) is 25.6. The lowest BCUT2D eigenvalue weighted by Gasteiger charge is -2.30. The van der Waals surface area contributed by atoms with Crippen molar-refractivity contribution >= 4 is 17.8 Å². The number of amides is 1. The second-order valence-electron chi connectivity index (χ2n) is 8.75. The summed E-state index contributed by atoms with van der Waals surface area (Å²) < 4.78 is 16.1. The predicted molar refractivity (Wildman–Crippen MR) is 128 cm³/mol. The molecule has 1 amide bonds. The highest BCUT2D eigenvalue weighted by Gasteiger charge is 2.30. The van der Waals surface area contributed by atoms with Crippen LogP contribution in [0.3, 0.4) is 0 Å². The highest BCUT2D eigenvalue weighted by Crippen LogP contribution is 2.33.